The second-order valence-electron chi connectivity index (χ2n) is 6.95. The van der Waals surface area contributed by atoms with Crippen molar-refractivity contribution in [3.05, 3.63) is 60.2 Å². The van der Waals surface area contributed by atoms with Gasteiger partial charge in [-0.15, -0.1) is 0 Å². The van der Waals surface area contributed by atoms with Gasteiger partial charge in [0.1, 0.15) is 11.7 Å². The van der Waals surface area contributed by atoms with E-state index >= 15 is 0 Å². The number of carbonyl (C=O) groups is 1. The zero-order valence-electron chi connectivity index (χ0n) is 16.8. The van der Waals surface area contributed by atoms with Gasteiger partial charge in [-0.25, -0.2) is 8.42 Å². The summed E-state index contributed by atoms with van der Waals surface area (Å²) in [5, 5.41) is 0. The number of hydrogen-bond acceptors (Lipinski definition) is 5. The molecule has 1 heterocycles. The Kier molecular flexibility index (Phi) is 6.98. The minimum Gasteiger partial charge on any atom is -0.497 e. The minimum absolute atomic E-state index is 0.339. The number of methoxy groups -OCH3 is 1. The zero-order valence-corrected chi connectivity index (χ0v) is 17.6. The summed E-state index contributed by atoms with van der Waals surface area (Å²) < 4.78 is 32.3. The lowest BCUT2D eigenvalue weighted by Crippen LogP contribution is -2.50. The Balaban J connectivity index is 1.63. The number of hydrogen-bond donors (Lipinski definition) is 1. The summed E-state index contributed by atoms with van der Waals surface area (Å²) in [6.07, 6.45) is 0. The van der Waals surface area contributed by atoms with E-state index in [0.717, 1.165) is 11.4 Å². The van der Waals surface area contributed by atoms with Crippen molar-refractivity contribution in [2.24, 2.45) is 11.7 Å². The summed E-state index contributed by atoms with van der Waals surface area (Å²) in [5.74, 6) is 4.12. The zero-order chi connectivity index (χ0) is 21.6. The molecule has 1 atom stereocenters. The van der Waals surface area contributed by atoms with E-state index in [1.54, 1.807) is 19.2 Å². The van der Waals surface area contributed by atoms with Crippen LogP contribution in [0.4, 0.5) is 5.69 Å². The van der Waals surface area contributed by atoms with Gasteiger partial charge < -0.3 is 15.4 Å². The summed E-state index contributed by atoms with van der Waals surface area (Å²) in [6.45, 7) is 1.79. The Morgan fingerprint density at radius 2 is 1.70 bits per heavy atom. The van der Waals surface area contributed by atoms with Crippen LogP contribution in [0.5, 0.6) is 5.75 Å². The maximum absolute atomic E-state index is 12.9. The maximum atomic E-state index is 12.9. The molecule has 2 N–H and O–H groups in total. The van der Waals surface area contributed by atoms with E-state index in [1.165, 1.54) is 4.31 Å². The number of benzene rings is 2. The van der Waals surface area contributed by atoms with Crippen LogP contribution in [0.2, 0.25) is 0 Å². The van der Waals surface area contributed by atoms with Crippen molar-refractivity contribution in [3.63, 3.8) is 0 Å². The molecule has 2 aromatic rings. The van der Waals surface area contributed by atoms with Crippen molar-refractivity contribution in [2.75, 3.05) is 43.9 Å². The van der Waals surface area contributed by atoms with Gasteiger partial charge in [0.15, 0.2) is 0 Å². The summed E-state index contributed by atoms with van der Waals surface area (Å²) in [7, 11) is -2.05. The normalized spacial score (nSPS) is 15.7. The summed E-state index contributed by atoms with van der Waals surface area (Å²) in [6, 6.07) is 16.7. The van der Waals surface area contributed by atoms with Gasteiger partial charge >= 0.3 is 0 Å². The van der Waals surface area contributed by atoms with E-state index in [-0.39, 0.29) is 0 Å². The predicted molar refractivity (Wildman–Crippen MR) is 117 cm³/mol. The molecule has 1 amide bonds. The fourth-order valence-corrected chi connectivity index (χ4v) is 4.82. The third kappa shape index (κ3) is 5.53. The number of carbonyl (C=O) groups excluding carboxylic acids is 1. The Morgan fingerprint density at radius 3 is 2.27 bits per heavy atom. The van der Waals surface area contributed by atoms with E-state index in [4.69, 9.17) is 10.5 Å². The Hall–Kier alpha value is -3.02. The van der Waals surface area contributed by atoms with E-state index in [2.05, 4.69) is 16.7 Å². The first-order valence-electron chi connectivity index (χ1n) is 9.62. The number of ether oxygens (including phenoxy) is 1. The molecule has 3 rings (SSSR count). The highest BCUT2D eigenvalue weighted by Gasteiger charge is 2.31. The van der Waals surface area contributed by atoms with Crippen molar-refractivity contribution in [1.29, 1.82) is 0 Å². The molecule has 1 saturated heterocycles. The van der Waals surface area contributed by atoms with Gasteiger partial charge in [0.05, 0.1) is 12.9 Å². The molecule has 0 aliphatic carbocycles. The average Bonchev–Trinajstić information content (AvgIpc) is 2.77. The number of nitrogens with two attached hydrogens (primary N) is 1. The van der Waals surface area contributed by atoms with Crippen LogP contribution >= 0.6 is 0 Å². The quantitative estimate of drug-likeness (QED) is 0.702. The molecule has 1 aliphatic heterocycles. The molecule has 1 unspecified atom stereocenters. The molecule has 7 nitrogen and oxygen atoms in total. The first-order valence-corrected chi connectivity index (χ1v) is 11.2. The summed E-state index contributed by atoms with van der Waals surface area (Å²) >= 11 is 0. The number of piperazine rings is 1. The van der Waals surface area contributed by atoms with Crippen LogP contribution in [0.1, 0.15) is 5.56 Å². The Morgan fingerprint density at radius 1 is 1.07 bits per heavy atom. The van der Waals surface area contributed by atoms with Crippen molar-refractivity contribution < 1.29 is 17.9 Å². The monoisotopic (exact) mass is 427 g/mol. The van der Waals surface area contributed by atoms with Crippen LogP contribution in [-0.4, -0.2) is 57.7 Å². The first kappa shape index (κ1) is 21.7. The van der Waals surface area contributed by atoms with Crippen LogP contribution in [0.15, 0.2) is 54.6 Å². The molecule has 1 aliphatic rings. The van der Waals surface area contributed by atoms with E-state index in [9.17, 15) is 13.2 Å². The first-order chi connectivity index (χ1) is 14.4. The number of nitrogens with zero attached hydrogens (tertiary/aromatic N) is 2. The van der Waals surface area contributed by atoms with Crippen LogP contribution in [-0.2, 0) is 14.8 Å². The molecule has 0 spiro atoms. The van der Waals surface area contributed by atoms with Crippen LogP contribution in [0.3, 0.4) is 0 Å². The van der Waals surface area contributed by atoms with Gasteiger partial charge in [0, 0.05) is 37.4 Å². The fraction of sp³-hybridized carbons (Fsp3) is 0.318. The fourth-order valence-electron chi connectivity index (χ4n) is 3.22. The number of primary amides is 1. The predicted octanol–water partition coefficient (Wildman–Crippen LogP) is 1.30. The summed E-state index contributed by atoms with van der Waals surface area (Å²) in [4.78, 5) is 13.9. The standard InChI is InChI=1S/C22H25N3O4S/c1-29-21-11-9-20(10-12-21)24-13-15-25(16-14-24)30(27,28)17-19(22(23)26)8-7-18-5-3-2-4-6-18/h2-6,9-12,19H,13-17H2,1H3,(H2,23,26). The molecule has 0 saturated carbocycles. The maximum Gasteiger partial charge on any atom is 0.233 e. The van der Waals surface area contributed by atoms with Crippen molar-refractivity contribution in [2.45, 2.75) is 0 Å². The number of sulfonamides is 1. The van der Waals surface area contributed by atoms with Gasteiger partial charge in [-0.1, -0.05) is 30.0 Å². The SMILES string of the molecule is COc1ccc(N2CCN(S(=O)(=O)CC(C#Cc3ccccc3)C(N)=O)CC2)cc1. The number of anilines is 1. The van der Waals surface area contributed by atoms with E-state index < -0.39 is 27.6 Å². The third-order valence-corrected chi connectivity index (χ3v) is 6.86. The van der Waals surface area contributed by atoms with Gasteiger partial charge in [-0.3, -0.25) is 4.79 Å². The average molecular weight is 428 g/mol. The molecular formula is C22H25N3O4S. The lowest BCUT2D eigenvalue weighted by atomic mass is 10.1. The lowest BCUT2D eigenvalue weighted by Gasteiger charge is -2.35. The largest absolute Gasteiger partial charge is 0.497 e. The summed E-state index contributed by atoms with van der Waals surface area (Å²) in [5.41, 5.74) is 7.13. The molecular weight excluding hydrogens is 402 g/mol. The highest BCUT2D eigenvalue weighted by atomic mass is 32.2. The van der Waals surface area contributed by atoms with Crippen LogP contribution in [0, 0.1) is 17.8 Å². The Bertz CT molecular complexity index is 1020. The van der Waals surface area contributed by atoms with Crippen molar-refractivity contribution in [3.8, 4) is 17.6 Å². The third-order valence-electron chi connectivity index (χ3n) is 4.95. The molecule has 0 bridgehead atoms. The van der Waals surface area contributed by atoms with Gasteiger partial charge in [0.2, 0.25) is 15.9 Å². The minimum atomic E-state index is -3.66. The van der Waals surface area contributed by atoms with Gasteiger partial charge in [0.25, 0.3) is 0 Å². The van der Waals surface area contributed by atoms with Crippen LogP contribution < -0.4 is 15.4 Å². The van der Waals surface area contributed by atoms with Crippen LogP contribution in [0.25, 0.3) is 0 Å². The molecule has 30 heavy (non-hydrogen) atoms. The molecule has 8 heteroatoms. The molecule has 158 valence electrons. The second kappa shape index (κ2) is 9.65. The second-order valence-corrected chi connectivity index (χ2v) is 8.97. The molecule has 0 aromatic heterocycles. The smallest absolute Gasteiger partial charge is 0.233 e. The Labute approximate surface area is 177 Å². The number of amides is 1. The highest BCUT2D eigenvalue weighted by molar-refractivity contribution is 7.89. The molecule has 0 radical (unpaired) electrons. The van der Waals surface area contributed by atoms with E-state index in [0.29, 0.717) is 31.7 Å². The van der Waals surface area contributed by atoms with E-state index in [1.807, 2.05) is 42.5 Å². The number of rotatable bonds is 6. The van der Waals surface area contributed by atoms with Crippen molar-refractivity contribution in [1.82, 2.24) is 4.31 Å². The topological polar surface area (TPSA) is 92.9 Å². The van der Waals surface area contributed by atoms with Gasteiger partial charge in [-0.05, 0) is 36.4 Å². The van der Waals surface area contributed by atoms with Crippen molar-refractivity contribution >= 4 is 21.6 Å². The highest BCUT2D eigenvalue weighted by Crippen LogP contribution is 2.21. The lowest BCUT2D eigenvalue weighted by molar-refractivity contribution is -0.119. The molecule has 1 fully saturated rings. The molecule has 2 aromatic carbocycles. The van der Waals surface area contributed by atoms with Gasteiger partial charge in [-0.2, -0.15) is 4.31 Å².